The zero-order chi connectivity index (χ0) is 18.4. The van der Waals surface area contributed by atoms with Gasteiger partial charge in [-0.1, -0.05) is 42.1 Å². The largest absolute Gasteiger partial charge is 0.481 e. The maximum Gasteiger partial charge on any atom is 0.313 e. The first-order valence-electron chi connectivity index (χ1n) is 8.91. The van der Waals surface area contributed by atoms with Crippen LogP contribution in [0.2, 0.25) is 0 Å². The Morgan fingerprint density at radius 1 is 1.15 bits per heavy atom. The van der Waals surface area contributed by atoms with Gasteiger partial charge in [-0.25, -0.2) is 4.98 Å². The van der Waals surface area contributed by atoms with Crippen LogP contribution in [0.5, 0.6) is 0 Å². The summed E-state index contributed by atoms with van der Waals surface area (Å²) in [5.41, 5.74) is 4.12. The summed E-state index contributed by atoms with van der Waals surface area (Å²) in [5, 5.41) is 12.2. The number of imidazole rings is 1. The van der Waals surface area contributed by atoms with Gasteiger partial charge in [0, 0.05) is 11.6 Å². The van der Waals surface area contributed by atoms with Crippen LogP contribution < -0.4 is 0 Å². The van der Waals surface area contributed by atoms with Crippen LogP contribution in [-0.4, -0.2) is 31.4 Å². The van der Waals surface area contributed by atoms with Crippen LogP contribution in [0.3, 0.4) is 0 Å². The molecule has 2 heterocycles. The standard InChI is InChI=1S/C21H17N3O2S/c25-20(26)12-27-21-23-17-11-22-10-9-19(17)24(21)18-8-7-14(13-5-6-13)15-3-1-2-4-16(15)18/h1-4,7-11,13H,5-6,12H2,(H,25,26). The summed E-state index contributed by atoms with van der Waals surface area (Å²) in [6.07, 6.45) is 5.97. The minimum atomic E-state index is -0.856. The molecule has 5 rings (SSSR count). The molecule has 1 aliphatic rings. The third-order valence-electron chi connectivity index (χ3n) is 4.94. The lowest BCUT2D eigenvalue weighted by molar-refractivity contribution is -0.133. The molecule has 0 saturated heterocycles. The van der Waals surface area contributed by atoms with Gasteiger partial charge in [-0.15, -0.1) is 0 Å². The number of carboxylic acid groups (broad SMARTS) is 1. The van der Waals surface area contributed by atoms with E-state index in [0.717, 1.165) is 22.1 Å². The van der Waals surface area contributed by atoms with Gasteiger partial charge in [-0.2, -0.15) is 0 Å². The lowest BCUT2D eigenvalue weighted by Gasteiger charge is -2.14. The quantitative estimate of drug-likeness (QED) is 0.515. The van der Waals surface area contributed by atoms with Gasteiger partial charge >= 0.3 is 5.97 Å². The van der Waals surface area contributed by atoms with E-state index in [-0.39, 0.29) is 5.75 Å². The zero-order valence-electron chi connectivity index (χ0n) is 14.5. The predicted molar refractivity (Wildman–Crippen MR) is 107 cm³/mol. The minimum absolute atomic E-state index is 0.0329. The number of rotatable bonds is 5. The molecule has 2 aromatic carbocycles. The van der Waals surface area contributed by atoms with Crippen molar-refractivity contribution in [3.05, 3.63) is 60.4 Å². The Morgan fingerprint density at radius 2 is 1.96 bits per heavy atom. The van der Waals surface area contributed by atoms with Gasteiger partial charge in [0.15, 0.2) is 5.16 Å². The van der Waals surface area contributed by atoms with Crippen LogP contribution in [-0.2, 0) is 4.79 Å². The first kappa shape index (κ1) is 16.3. The second kappa shape index (κ2) is 6.39. The molecular formula is C21H17N3O2S. The molecule has 5 nitrogen and oxygen atoms in total. The number of nitrogens with zero attached hydrogens (tertiary/aromatic N) is 3. The summed E-state index contributed by atoms with van der Waals surface area (Å²) in [5.74, 6) is -0.228. The Balaban J connectivity index is 1.77. The van der Waals surface area contributed by atoms with E-state index in [9.17, 15) is 4.79 Å². The molecule has 0 unspecified atom stereocenters. The zero-order valence-corrected chi connectivity index (χ0v) is 15.3. The second-order valence-corrected chi connectivity index (χ2v) is 7.71. The van der Waals surface area contributed by atoms with Crippen molar-refractivity contribution in [3.8, 4) is 5.69 Å². The molecule has 0 atom stereocenters. The molecule has 1 saturated carbocycles. The summed E-state index contributed by atoms with van der Waals surface area (Å²) in [7, 11) is 0. The number of fused-ring (bicyclic) bond motifs is 2. The van der Waals surface area contributed by atoms with Crippen molar-refractivity contribution in [1.82, 2.24) is 14.5 Å². The van der Waals surface area contributed by atoms with E-state index in [1.807, 2.05) is 12.1 Å². The fraction of sp³-hybridized carbons (Fsp3) is 0.190. The summed E-state index contributed by atoms with van der Waals surface area (Å²) in [6, 6.07) is 14.7. The lowest BCUT2D eigenvalue weighted by Crippen LogP contribution is -2.03. The summed E-state index contributed by atoms with van der Waals surface area (Å²) >= 11 is 1.23. The molecule has 1 fully saturated rings. The first-order chi connectivity index (χ1) is 13.2. The van der Waals surface area contributed by atoms with Crippen LogP contribution in [0.25, 0.3) is 27.5 Å². The fourth-order valence-electron chi connectivity index (χ4n) is 3.62. The maximum atomic E-state index is 11.1. The fourth-order valence-corrected chi connectivity index (χ4v) is 4.36. The Bertz CT molecular complexity index is 1180. The number of aliphatic carboxylic acids is 1. The normalized spacial score (nSPS) is 14.1. The van der Waals surface area contributed by atoms with Gasteiger partial charge in [-0.05, 0) is 41.8 Å². The van der Waals surface area contributed by atoms with E-state index in [2.05, 4.69) is 44.9 Å². The van der Waals surface area contributed by atoms with Crippen LogP contribution in [0.4, 0.5) is 0 Å². The second-order valence-electron chi connectivity index (χ2n) is 6.77. The summed E-state index contributed by atoms with van der Waals surface area (Å²) in [4.78, 5) is 19.9. The molecule has 4 aromatic rings. The van der Waals surface area contributed by atoms with Crippen molar-refractivity contribution in [3.63, 3.8) is 0 Å². The summed E-state index contributed by atoms with van der Waals surface area (Å²) < 4.78 is 2.06. The molecule has 2 aromatic heterocycles. The lowest BCUT2D eigenvalue weighted by atomic mass is 9.99. The average molecular weight is 375 g/mol. The molecule has 0 spiro atoms. The number of carbonyl (C=O) groups is 1. The van der Waals surface area contributed by atoms with E-state index >= 15 is 0 Å². The van der Waals surface area contributed by atoms with Crippen LogP contribution in [0.15, 0.2) is 60.0 Å². The highest BCUT2D eigenvalue weighted by Gasteiger charge is 2.26. The van der Waals surface area contributed by atoms with E-state index in [4.69, 9.17) is 5.11 Å². The smallest absolute Gasteiger partial charge is 0.313 e. The highest BCUT2D eigenvalue weighted by Crippen LogP contribution is 2.44. The molecular weight excluding hydrogens is 358 g/mol. The number of hydrogen-bond acceptors (Lipinski definition) is 4. The summed E-state index contributed by atoms with van der Waals surface area (Å²) in [6.45, 7) is 0. The van der Waals surface area contributed by atoms with Crippen molar-refractivity contribution in [2.24, 2.45) is 0 Å². The van der Waals surface area contributed by atoms with Gasteiger partial charge in [-0.3, -0.25) is 14.3 Å². The van der Waals surface area contributed by atoms with Crippen LogP contribution >= 0.6 is 11.8 Å². The highest BCUT2D eigenvalue weighted by atomic mass is 32.2. The Morgan fingerprint density at radius 3 is 2.74 bits per heavy atom. The van der Waals surface area contributed by atoms with Gasteiger partial charge in [0.05, 0.1) is 23.2 Å². The topological polar surface area (TPSA) is 68.0 Å². The predicted octanol–water partition coefficient (Wildman–Crippen LogP) is 4.63. The number of benzene rings is 2. The third-order valence-corrected chi connectivity index (χ3v) is 5.87. The molecule has 0 radical (unpaired) electrons. The molecule has 1 aliphatic carbocycles. The van der Waals surface area contributed by atoms with Crippen molar-refractivity contribution in [2.75, 3.05) is 5.75 Å². The Labute approximate surface area is 160 Å². The van der Waals surface area contributed by atoms with Crippen molar-refractivity contribution in [1.29, 1.82) is 0 Å². The number of aromatic nitrogens is 3. The first-order valence-corrected chi connectivity index (χ1v) is 9.90. The van der Waals surface area contributed by atoms with E-state index in [0.29, 0.717) is 11.1 Å². The van der Waals surface area contributed by atoms with Gasteiger partial charge in [0.25, 0.3) is 0 Å². The monoisotopic (exact) mass is 375 g/mol. The number of carboxylic acids is 1. The van der Waals surface area contributed by atoms with Crippen LogP contribution in [0.1, 0.15) is 24.3 Å². The Kier molecular flexibility index (Phi) is 3.86. The highest BCUT2D eigenvalue weighted by molar-refractivity contribution is 7.99. The van der Waals surface area contributed by atoms with Gasteiger partial charge in [0.2, 0.25) is 0 Å². The number of thioether (sulfide) groups is 1. The molecule has 0 bridgehead atoms. The molecule has 27 heavy (non-hydrogen) atoms. The Hall–Kier alpha value is -2.86. The third kappa shape index (κ3) is 2.86. The van der Waals surface area contributed by atoms with Crippen molar-refractivity contribution in [2.45, 2.75) is 23.9 Å². The van der Waals surface area contributed by atoms with Crippen molar-refractivity contribution >= 4 is 39.5 Å². The number of hydrogen-bond donors (Lipinski definition) is 1. The number of pyridine rings is 1. The molecule has 0 amide bonds. The van der Waals surface area contributed by atoms with Crippen molar-refractivity contribution < 1.29 is 9.90 Å². The molecule has 134 valence electrons. The molecule has 1 N–H and O–H groups in total. The van der Waals surface area contributed by atoms with E-state index in [1.165, 1.54) is 35.6 Å². The van der Waals surface area contributed by atoms with E-state index < -0.39 is 5.97 Å². The van der Waals surface area contributed by atoms with Gasteiger partial charge in [0.1, 0.15) is 5.52 Å². The maximum absolute atomic E-state index is 11.1. The van der Waals surface area contributed by atoms with Gasteiger partial charge < -0.3 is 5.11 Å². The minimum Gasteiger partial charge on any atom is -0.481 e. The molecule has 0 aliphatic heterocycles. The SMILES string of the molecule is O=C(O)CSc1nc2cnccc2n1-c1ccc(C2CC2)c2ccccc12. The van der Waals surface area contributed by atoms with E-state index in [1.54, 1.807) is 12.4 Å². The van der Waals surface area contributed by atoms with Crippen LogP contribution in [0, 0.1) is 0 Å². The molecule has 6 heteroatoms. The average Bonchev–Trinajstić information content (AvgIpc) is 3.46.